The van der Waals surface area contributed by atoms with Crippen LogP contribution in [-0.4, -0.2) is 33.3 Å². The van der Waals surface area contributed by atoms with E-state index in [1.807, 2.05) is 0 Å². The van der Waals surface area contributed by atoms with Crippen molar-refractivity contribution in [3.05, 3.63) is 29.8 Å². The summed E-state index contributed by atoms with van der Waals surface area (Å²) in [5, 5.41) is 8.86. The van der Waals surface area contributed by atoms with Crippen LogP contribution in [0.4, 0.5) is 0 Å². The fourth-order valence-electron chi connectivity index (χ4n) is 1.17. The van der Waals surface area contributed by atoms with Gasteiger partial charge in [-0.2, -0.15) is 0 Å². The van der Waals surface area contributed by atoms with Gasteiger partial charge in [-0.25, -0.2) is 13.1 Å². The van der Waals surface area contributed by atoms with Crippen LogP contribution in [0, 0.1) is 0 Å². The molecule has 2 N–H and O–H groups in total. The smallest absolute Gasteiger partial charge is 0.240 e. The van der Waals surface area contributed by atoms with Gasteiger partial charge in [0.15, 0.2) is 0 Å². The van der Waals surface area contributed by atoms with Crippen molar-refractivity contribution in [2.75, 3.05) is 13.7 Å². The minimum atomic E-state index is -3.50. The summed E-state index contributed by atoms with van der Waals surface area (Å²) in [4.78, 5) is 0.179. The van der Waals surface area contributed by atoms with Crippen LogP contribution in [0.3, 0.4) is 0 Å². The Balaban J connectivity index is 2.75. The van der Waals surface area contributed by atoms with Crippen LogP contribution in [0.1, 0.15) is 12.5 Å². The lowest BCUT2D eigenvalue weighted by Crippen LogP contribution is -2.31. The summed E-state index contributed by atoms with van der Waals surface area (Å²) in [6.45, 7) is 1.90. The summed E-state index contributed by atoms with van der Waals surface area (Å²) in [6.07, 6.45) is -0.179. The molecule has 1 aromatic rings. The van der Waals surface area contributed by atoms with Crippen LogP contribution in [0.25, 0.3) is 0 Å². The van der Waals surface area contributed by atoms with Gasteiger partial charge in [0.1, 0.15) is 0 Å². The number of sulfonamides is 1. The second-order valence-corrected chi connectivity index (χ2v) is 5.47. The predicted octanol–water partition coefficient (Wildman–Crippen LogP) is 0.492. The van der Waals surface area contributed by atoms with E-state index in [0.29, 0.717) is 5.56 Å². The monoisotopic (exact) mass is 259 g/mol. The molecule has 1 aromatic carbocycles. The topological polar surface area (TPSA) is 75.6 Å². The molecule has 0 saturated heterocycles. The molecule has 1 unspecified atom stereocenters. The molecule has 0 aliphatic heterocycles. The second kappa shape index (κ2) is 6.11. The Morgan fingerprint density at radius 1 is 1.35 bits per heavy atom. The fourth-order valence-corrected chi connectivity index (χ4v) is 2.28. The number of methoxy groups -OCH3 is 1. The van der Waals surface area contributed by atoms with E-state index in [-0.39, 0.29) is 24.2 Å². The van der Waals surface area contributed by atoms with Crippen LogP contribution in [-0.2, 0) is 21.4 Å². The van der Waals surface area contributed by atoms with E-state index >= 15 is 0 Å². The van der Waals surface area contributed by atoms with Gasteiger partial charge in [-0.1, -0.05) is 12.1 Å². The SMILES string of the molecule is COC(C)CNS(=O)(=O)c1ccc(CO)cc1. The standard InChI is InChI=1S/C11H17NO4S/c1-9(16-2)7-12-17(14,15)11-5-3-10(8-13)4-6-11/h3-6,9,12-13H,7-8H2,1-2H3. The van der Waals surface area contributed by atoms with Gasteiger partial charge >= 0.3 is 0 Å². The average Bonchev–Trinajstić information content (AvgIpc) is 2.36. The van der Waals surface area contributed by atoms with E-state index < -0.39 is 10.0 Å². The molecule has 0 fully saturated rings. The highest BCUT2D eigenvalue weighted by Crippen LogP contribution is 2.10. The molecule has 0 spiro atoms. The van der Waals surface area contributed by atoms with Gasteiger partial charge in [-0.15, -0.1) is 0 Å². The molecule has 96 valence electrons. The van der Waals surface area contributed by atoms with Crippen LogP contribution < -0.4 is 4.72 Å². The van der Waals surface area contributed by atoms with Gasteiger partial charge in [0.2, 0.25) is 10.0 Å². The van der Waals surface area contributed by atoms with Crippen molar-refractivity contribution >= 4 is 10.0 Å². The Kier molecular flexibility index (Phi) is 5.07. The van der Waals surface area contributed by atoms with Gasteiger partial charge in [0.05, 0.1) is 17.6 Å². The van der Waals surface area contributed by atoms with E-state index in [9.17, 15) is 8.42 Å². The quantitative estimate of drug-likeness (QED) is 0.779. The van der Waals surface area contributed by atoms with Crippen molar-refractivity contribution in [1.29, 1.82) is 0 Å². The highest BCUT2D eigenvalue weighted by atomic mass is 32.2. The number of aliphatic hydroxyl groups is 1. The number of nitrogens with one attached hydrogen (secondary N) is 1. The van der Waals surface area contributed by atoms with E-state index in [1.54, 1.807) is 19.1 Å². The molecule has 0 bridgehead atoms. The molecule has 17 heavy (non-hydrogen) atoms. The molecular formula is C11H17NO4S. The molecule has 0 heterocycles. The van der Waals surface area contributed by atoms with Gasteiger partial charge in [-0.3, -0.25) is 0 Å². The summed E-state index contributed by atoms with van der Waals surface area (Å²) in [5.41, 5.74) is 0.675. The van der Waals surface area contributed by atoms with E-state index in [0.717, 1.165) is 0 Å². The molecule has 5 nitrogen and oxygen atoms in total. The van der Waals surface area contributed by atoms with Crippen molar-refractivity contribution in [3.8, 4) is 0 Å². The molecule has 1 rings (SSSR count). The molecule has 0 aromatic heterocycles. The highest BCUT2D eigenvalue weighted by molar-refractivity contribution is 7.89. The first-order chi connectivity index (χ1) is 7.99. The van der Waals surface area contributed by atoms with E-state index in [2.05, 4.69) is 4.72 Å². The maximum atomic E-state index is 11.8. The van der Waals surface area contributed by atoms with Crippen LogP contribution in [0.15, 0.2) is 29.2 Å². The number of hydrogen-bond donors (Lipinski definition) is 2. The van der Waals surface area contributed by atoms with Crippen LogP contribution in [0.5, 0.6) is 0 Å². The summed E-state index contributed by atoms with van der Waals surface area (Å²) < 4.78 is 31.1. The minimum Gasteiger partial charge on any atom is -0.392 e. The summed E-state index contributed by atoms with van der Waals surface area (Å²) >= 11 is 0. The van der Waals surface area contributed by atoms with Crippen LogP contribution in [0.2, 0.25) is 0 Å². The highest BCUT2D eigenvalue weighted by Gasteiger charge is 2.14. The largest absolute Gasteiger partial charge is 0.392 e. The summed E-state index contributed by atoms with van der Waals surface area (Å²) in [7, 11) is -1.98. The van der Waals surface area contributed by atoms with Crippen LogP contribution >= 0.6 is 0 Å². The molecule has 0 amide bonds. The molecule has 0 radical (unpaired) electrons. The van der Waals surface area contributed by atoms with Gasteiger partial charge in [-0.05, 0) is 24.6 Å². The first kappa shape index (κ1) is 14.1. The Morgan fingerprint density at radius 3 is 2.41 bits per heavy atom. The van der Waals surface area contributed by atoms with E-state index in [1.165, 1.54) is 19.2 Å². The van der Waals surface area contributed by atoms with Crippen molar-refractivity contribution < 1.29 is 18.3 Å². The number of benzene rings is 1. The average molecular weight is 259 g/mol. The zero-order valence-electron chi connectivity index (χ0n) is 9.88. The Morgan fingerprint density at radius 2 is 1.94 bits per heavy atom. The van der Waals surface area contributed by atoms with Crippen molar-refractivity contribution in [2.45, 2.75) is 24.5 Å². The molecular weight excluding hydrogens is 242 g/mol. The molecule has 1 atom stereocenters. The maximum Gasteiger partial charge on any atom is 0.240 e. The zero-order chi connectivity index (χ0) is 12.9. The maximum absolute atomic E-state index is 11.8. The van der Waals surface area contributed by atoms with Crippen molar-refractivity contribution in [2.24, 2.45) is 0 Å². The predicted molar refractivity (Wildman–Crippen MR) is 64.0 cm³/mol. The lowest BCUT2D eigenvalue weighted by Gasteiger charge is -2.11. The van der Waals surface area contributed by atoms with Crippen molar-refractivity contribution in [1.82, 2.24) is 4.72 Å². The lowest BCUT2D eigenvalue weighted by molar-refractivity contribution is 0.122. The second-order valence-electron chi connectivity index (χ2n) is 3.70. The van der Waals surface area contributed by atoms with E-state index in [4.69, 9.17) is 9.84 Å². The zero-order valence-corrected chi connectivity index (χ0v) is 10.7. The van der Waals surface area contributed by atoms with Gasteiger partial charge in [0.25, 0.3) is 0 Å². The Bertz CT molecular complexity index is 441. The third-order valence-corrected chi connectivity index (χ3v) is 3.82. The molecule has 6 heteroatoms. The summed E-state index contributed by atoms with van der Waals surface area (Å²) in [6, 6.07) is 6.08. The molecule has 0 saturated carbocycles. The fraction of sp³-hybridized carbons (Fsp3) is 0.455. The number of hydrogen-bond acceptors (Lipinski definition) is 4. The Labute approximate surface area is 101 Å². The third kappa shape index (κ3) is 4.08. The molecule has 0 aliphatic carbocycles. The minimum absolute atomic E-state index is 0.103. The molecule has 0 aliphatic rings. The summed E-state index contributed by atoms with van der Waals surface area (Å²) in [5.74, 6) is 0. The number of aliphatic hydroxyl groups excluding tert-OH is 1. The lowest BCUT2D eigenvalue weighted by atomic mass is 10.2. The Hall–Kier alpha value is -0.950. The first-order valence-electron chi connectivity index (χ1n) is 5.22. The van der Waals surface area contributed by atoms with Gasteiger partial charge in [0, 0.05) is 13.7 Å². The van der Waals surface area contributed by atoms with Crippen molar-refractivity contribution in [3.63, 3.8) is 0 Å². The van der Waals surface area contributed by atoms with Gasteiger partial charge < -0.3 is 9.84 Å². The first-order valence-corrected chi connectivity index (χ1v) is 6.70. The normalized spacial score (nSPS) is 13.6. The number of rotatable bonds is 6. The third-order valence-electron chi connectivity index (χ3n) is 2.38. The number of ether oxygens (including phenoxy) is 1.